The zero-order valence-electron chi connectivity index (χ0n) is 22.3. The lowest BCUT2D eigenvalue weighted by Crippen LogP contribution is -2.53. The molecule has 1 saturated carbocycles. The summed E-state index contributed by atoms with van der Waals surface area (Å²) < 4.78 is 19.5. The summed E-state index contributed by atoms with van der Waals surface area (Å²) in [6.07, 6.45) is 5.64. The van der Waals surface area contributed by atoms with Crippen LogP contribution in [0.1, 0.15) is 54.4 Å². The van der Waals surface area contributed by atoms with E-state index in [-0.39, 0.29) is 36.8 Å². The zero-order chi connectivity index (χ0) is 26.9. The van der Waals surface area contributed by atoms with Crippen LogP contribution < -0.4 is 10.1 Å². The number of nitrogens with one attached hydrogen (secondary N) is 1. The van der Waals surface area contributed by atoms with Crippen molar-refractivity contribution in [1.82, 2.24) is 10.2 Å². The van der Waals surface area contributed by atoms with Crippen molar-refractivity contribution in [1.29, 1.82) is 0 Å². The van der Waals surface area contributed by atoms with Gasteiger partial charge in [-0.1, -0.05) is 67.8 Å². The molecular weight excluding hydrogens is 479 g/mol. The number of hydrogen-bond donors (Lipinski definition) is 1. The van der Waals surface area contributed by atoms with Gasteiger partial charge in [0.15, 0.2) is 6.61 Å². The topological polar surface area (TPSA) is 58.6 Å². The number of ether oxygens (including phenoxy) is 1. The van der Waals surface area contributed by atoms with Crippen LogP contribution in [0.25, 0.3) is 0 Å². The summed E-state index contributed by atoms with van der Waals surface area (Å²) in [7, 11) is 0. The lowest BCUT2D eigenvalue weighted by molar-refractivity contribution is -0.143. The molecule has 1 aliphatic rings. The molecule has 6 heteroatoms. The molecule has 200 valence electrons. The van der Waals surface area contributed by atoms with Crippen LogP contribution in [0.15, 0.2) is 72.8 Å². The van der Waals surface area contributed by atoms with E-state index in [1.807, 2.05) is 62.4 Å². The fourth-order valence-electron chi connectivity index (χ4n) is 5.13. The molecule has 0 heterocycles. The molecule has 4 rings (SSSR count). The number of carbonyl (C=O) groups excluding carboxylic acids is 2. The van der Waals surface area contributed by atoms with Crippen LogP contribution in [-0.2, 0) is 22.6 Å². The van der Waals surface area contributed by atoms with Crippen molar-refractivity contribution in [2.24, 2.45) is 0 Å². The quantitative estimate of drug-likeness (QED) is 0.364. The number of halogens is 1. The van der Waals surface area contributed by atoms with Gasteiger partial charge in [0.2, 0.25) is 5.91 Å². The summed E-state index contributed by atoms with van der Waals surface area (Å²) in [5.41, 5.74) is 3.80. The minimum Gasteiger partial charge on any atom is -0.484 e. The average molecular weight is 517 g/mol. The van der Waals surface area contributed by atoms with Gasteiger partial charge in [-0.3, -0.25) is 9.59 Å². The van der Waals surface area contributed by atoms with Crippen LogP contribution in [0.4, 0.5) is 4.39 Å². The Morgan fingerprint density at radius 3 is 2.24 bits per heavy atom. The fraction of sp³-hybridized carbons (Fsp3) is 0.375. The van der Waals surface area contributed by atoms with Gasteiger partial charge in [-0.25, -0.2) is 4.39 Å². The van der Waals surface area contributed by atoms with E-state index in [0.29, 0.717) is 12.2 Å². The second-order valence-electron chi connectivity index (χ2n) is 10.3. The minimum absolute atomic E-state index is 0.115. The molecule has 0 radical (unpaired) electrons. The van der Waals surface area contributed by atoms with E-state index < -0.39 is 6.04 Å². The maximum Gasteiger partial charge on any atom is 0.261 e. The molecule has 1 unspecified atom stereocenters. The van der Waals surface area contributed by atoms with Crippen molar-refractivity contribution in [3.8, 4) is 5.75 Å². The number of nitrogens with zero attached hydrogens (tertiary/aromatic N) is 1. The van der Waals surface area contributed by atoms with Crippen LogP contribution in [0.2, 0.25) is 0 Å². The Morgan fingerprint density at radius 2 is 1.58 bits per heavy atom. The van der Waals surface area contributed by atoms with Crippen LogP contribution in [0.5, 0.6) is 5.75 Å². The lowest BCUT2D eigenvalue weighted by Gasteiger charge is -2.33. The molecule has 0 spiro atoms. The van der Waals surface area contributed by atoms with Gasteiger partial charge >= 0.3 is 0 Å². The number of carbonyl (C=O) groups is 2. The summed E-state index contributed by atoms with van der Waals surface area (Å²) in [5.74, 6) is -0.194. The molecule has 3 aromatic rings. The number of aryl methyl sites for hydroxylation is 2. The molecule has 0 aliphatic heterocycles. The van der Waals surface area contributed by atoms with E-state index in [0.717, 1.165) is 47.9 Å². The molecule has 1 aliphatic carbocycles. The van der Waals surface area contributed by atoms with Gasteiger partial charge in [-0.05, 0) is 73.2 Å². The first-order valence-corrected chi connectivity index (χ1v) is 13.5. The molecule has 0 bridgehead atoms. The Kier molecular flexibility index (Phi) is 9.52. The highest BCUT2D eigenvalue weighted by Crippen LogP contribution is 2.21. The number of amides is 2. The van der Waals surface area contributed by atoms with Gasteiger partial charge in [0.05, 0.1) is 0 Å². The predicted octanol–water partition coefficient (Wildman–Crippen LogP) is 5.91. The fourth-order valence-corrected chi connectivity index (χ4v) is 5.13. The summed E-state index contributed by atoms with van der Waals surface area (Å²) in [6.45, 7) is 3.93. The summed E-state index contributed by atoms with van der Waals surface area (Å²) in [4.78, 5) is 29.1. The third-order valence-electron chi connectivity index (χ3n) is 7.05. The first-order valence-electron chi connectivity index (χ1n) is 13.5. The molecule has 1 N–H and O–H groups in total. The van der Waals surface area contributed by atoms with Gasteiger partial charge in [0.25, 0.3) is 5.91 Å². The first kappa shape index (κ1) is 27.4. The normalized spacial score (nSPS) is 14.5. The molecule has 0 aromatic heterocycles. The van der Waals surface area contributed by atoms with Crippen molar-refractivity contribution < 1.29 is 18.7 Å². The van der Waals surface area contributed by atoms with Gasteiger partial charge < -0.3 is 15.0 Å². The predicted molar refractivity (Wildman–Crippen MR) is 147 cm³/mol. The Labute approximate surface area is 225 Å². The zero-order valence-corrected chi connectivity index (χ0v) is 22.3. The van der Waals surface area contributed by atoms with Crippen molar-refractivity contribution in [2.75, 3.05) is 6.61 Å². The number of rotatable bonds is 10. The van der Waals surface area contributed by atoms with E-state index in [9.17, 15) is 14.0 Å². The summed E-state index contributed by atoms with van der Waals surface area (Å²) in [5, 5.41) is 3.22. The Hall–Kier alpha value is -3.67. The van der Waals surface area contributed by atoms with E-state index in [2.05, 4.69) is 5.32 Å². The molecular formula is C32H37FN2O3. The molecule has 1 atom stereocenters. The molecule has 1 fully saturated rings. The van der Waals surface area contributed by atoms with Crippen molar-refractivity contribution >= 4 is 11.8 Å². The van der Waals surface area contributed by atoms with Gasteiger partial charge in [-0.2, -0.15) is 0 Å². The Morgan fingerprint density at radius 1 is 0.921 bits per heavy atom. The molecule has 0 saturated heterocycles. The van der Waals surface area contributed by atoms with Crippen molar-refractivity contribution in [3.63, 3.8) is 0 Å². The second kappa shape index (κ2) is 13.2. The second-order valence-corrected chi connectivity index (χ2v) is 10.3. The largest absolute Gasteiger partial charge is 0.484 e. The number of benzene rings is 3. The van der Waals surface area contributed by atoms with Crippen molar-refractivity contribution in [3.05, 3.63) is 101 Å². The maximum absolute atomic E-state index is 13.8. The Bertz CT molecular complexity index is 1190. The van der Waals surface area contributed by atoms with E-state index in [1.54, 1.807) is 17.0 Å². The van der Waals surface area contributed by atoms with Crippen molar-refractivity contribution in [2.45, 2.75) is 71.0 Å². The third kappa shape index (κ3) is 7.91. The van der Waals surface area contributed by atoms with E-state index in [1.165, 1.54) is 18.6 Å². The van der Waals surface area contributed by atoms with E-state index in [4.69, 9.17) is 4.74 Å². The molecule has 38 heavy (non-hydrogen) atoms. The first-order chi connectivity index (χ1) is 18.4. The highest BCUT2D eigenvalue weighted by atomic mass is 19.1. The standard InChI is InChI=1S/C32H37FN2O3/c1-23-17-24(2)19-29(18-23)38-22-31(36)35(21-26-13-15-27(33)16-14-26)30(20-25-9-5-3-6-10-25)32(37)34-28-11-7-4-8-12-28/h3,5-6,9-10,13-19,28,30H,4,7-8,11-12,20-22H2,1-2H3,(H,34,37). The van der Waals surface area contributed by atoms with E-state index >= 15 is 0 Å². The van der Waals surface area contributed by atoms with Crippen LogP contribution in [-0.4, -0.2) is 35.4 Å². The highest BCUT2D eigenvalue weighted by Gasteiger charge is 2.32. The van der Waals surface area contributed by atoms with Gasteiger partial charge in [0.1, 0.15) is 17.6 Å². The molecule has 2 amide bonds. The van der Waals surface area contributed by atoms with Crippen LogP contribution in [0.3, 0.4) is 0 Å². The summed E-state index contributed by atoms with van der Waals surface area (Å²) >= 11 is 0. The smallest absolute Gasteiger partial charge is 0.261 e. The van der Waals surface area contributed by atoms with Gasteiger partial charge in [0, 0.05) is 19.0 Å². The maximum atomic E-state index is 13.8. The molecule has 5 nitrogen and oxygen atoms in total. The van der Waals surface area contributed by atoms with Crippen LogP contribution in [0, 0.1) is 19.7 Å². The van der Waals surface area contributed by atoms with Crippen LogP contribution >= 0.6 is 0 Å². The molecule has 3 aromatic carbocycles. The Balaban J connectivity index is 1.61. The SMILES string of the molecule is Cc1cc(C)cc(OCC(=O)N(Cc2ccc(F)cc2)C(Cc2ccccc2)C(=O)NC2CCCCC2)c1. The minimum atomic E-state index is -0.736. The van der Waals surface area contributed by atoms with Gasteiger partial charge in [-0.15, -0.1) is 0 Å². The average Bonchev–Trinajstić information content (AvgIpc) is 2.91. The third-order valence-corrected chi connectivity index (χ3v) is 7.05. The monoisotopic (exact) mass is 516 g/mol. The lowest BCUT2D eigenvalue weighted by atomic mass is 9.94. The highest BCUT2D eigenvalue weighted by molar-refractivity contribution is 5.88. The summed E-state index contributed by atoms with van der Waals surface area (Å²) in [6, 6.07) is 21.0. The number of hydrogen-bond acceptors (Lipinski definition) is 3.